The maximum Gasteiger partial charge on any atom is 0.253 e. The molecular formula is C38H47ClN4O6. The number of hydrogen-bond acceptors (Lipinski definition) is 8. The highest BCUT2D eigenvalue weighted by Gasteiger charge is 2.30. The van der Waals surface area contributed by atoms with Crippen LogP contribution in [-0.4, -0.2) is 98.8 Å². The predicted octanol–water partition coefficient (Wildman–Crippen LogP) is 6.59. The van der Waals surface area contributed by atoms with Gasteiger partial charge in [-0.25, -0.2) is 4.98 Å². The summed E-state index contributed by atoms with van der Waals surface area (Å²) in [6.45, 7) is 6.68. The van der Waals surface area contributed by atoms with E-state index in [1.165, 1.54) is 21.3 Å². The van der Waals surface area contributed by atoms with Gasteiger partial charge >= 0.3 is 0 Å². The number of aromatic nitrogens is 2. The summed E-state index contributed by atoms with van der Waals surface area (Å²) in [5.74, 6) is 1.73. The second-order valence-electron chi connectivity index (χ2n) is 12.4. The third-order valence-corrected chi connectivity index (χ3v) is 9.60. The van der Waals surface area contributed by atoms with Gasteiger partial charge in [-0.15, -0.1) is 0 Å². The van der Waals surface area contributed by atoms with E-state index in [0.29, 0.717) is 60.0 Å². The van der Waals surface area contributed by atoms with Crippen LogP contribution in [0.15, 0.2) is 60.7 Å². The number of ketones is 1. The Morgan fingerprint density at radius 2 is 1.67 bits per heavy atom. The van der Waals surface area contributed by atoms with Crippen molar-refractivity contribution in [2.24, 2.45) is 5.92 Å². The van der Waals surface area contributed by atoms with Gasteiger partial charge in [-0.3, -0.25) is 9.59 Å². The number of methoxy groups -OCH3 is 3. The van der Waals surface area contributed by atoms with Crippen molar-refractivity contribution in [1.82, 2.24) is 19.4 Å². The third kappa shape index (κ3) is 8.55. The van der Waals surface area contributed by atoms with E-state index in [0.717, 1.165) is 55.5 Å². The lowest BCUT2D eigenvalue weighted by atomic mass is 9.90. The maximum absolute atomic E-state index is 13.8. The fourth-order valence-electron chi connectivity index (χ4n) is 6.69. The van der Waals surface area contributed by atoms with Gasteiger partial charge in [0.1, 0.15) is 0 Å². The van der Waals surface area contributed by atoms with Crippen LogP contribution in [0.2, 0.25) is 5.02 Å². The number of amides is 1. The first-order valence-corrected chi connectivity index (χ1v) is 17.3. The minimum atomic E-state index is -0.155. The molecule has 10 nitrogen and oxygen atoms in total. The molecule has 5 rings (SSSR count). The number of likely N-dealkylation sites (N-methyl/N-ethyl adjacent to an activating group) is 1. The van der Waals surface area contributed by atoms with E-state index in [1.54, 1.807) is 17.0 Å². The molecule has 49 heavy (non-hydrogen) atoms. The van der Waals surface area contributed by atoms with Crippen LogP contribution >= 0.6 is 11.6 Å². The molecular weight excluding hydrogens is 644 g/mol. The van der Waals surface area contributed by atoms with Gasteiger partial charge in [-0.05, 0) is 87.8 Å². The number of carbonyl (C=O) groups excluding carboxylic acids is 2. The van der Waals surface area contributed by atoms with E-state index < -0.39 is 0 Å². The van der Waals surface area contributed by atoms with E-state index >= 15 is 0 Å². The van der Waals surface area contributed by atoms with Crippen LogP contribution in [0.5, 0.6) is 17.2 Å². The molecule has 1 aliphatic rings. The van der Waals surface area contributed by atoms with Crippen molar-refractivity contribution in [2.75, 3.05) is 67.8 Å². The van der Waals surface area contributed by atoms with Crippen molar-refractivity contribution in [3.63, 3.8) is 0 Å². The molecule has 1 atom stereocenters. The number of piperidine rings is 1. The number of likely N-dealkylation sites (tertiary alicyclic amines) is 1. The van der Waals surface area contributed by atoms with Crippen molar-refractivity contribution in [3.8, 4) is 17.2 Å². The molecule has 3 aromatic carbocycles. The summed E-state index contributed by atoms with van der Waals surface area (Å²) in [5.41, 5.74) is 3.32. The van der Waals surface area contributed by atoms with E-state index in [4.69, 9.17) is 35.5 Å². The standard InChI is InChI=1S/C38H47ClN4O6/c1-6-49-21-20-43-32-13-8-7-12-31(32)40-37(43)35(44)26-14-17-42(18-15-26)19-16-28(27-10-9-11-30(39)22-27)25-41(2)38(45)29-23-33(46-3)36(48-5)34(24-29)47-4/h7-13,22-24,26,28H,6,14-21,25H2,1-5H3. The average Bonchev–Trinajstić information content (AvgIpc) is 3.50. The monoisotopic (exact) mass is 690 g/mol. The van der Waals surface area contributed by atoms with Crippen LogP contribution in [0.25, 0.3) is 11.0 Å². The van der Waals surface area contributed by atoms with Crippen molar-refractivity contribution in [1.29, 1.82) is 0 Å². The molecule has 2 heterocycles. The predicted molar refractivity (Wildman–Crippen MR) is 192 cm³/mol. The number of nitrogens with zero attached hydrogens (tertiary/aromatic N) is 4. The van der Waals surface area contributed by atoms with Crippen LogP contribution in [0, 0.1) is 5.92 Å². The van der Waals surface area contributed by atoms with Gasteiger partial charge < -0.3 is 33.3 Å². The number of halogens is 1. The molecule has 262 valence electrons. The van der Waals surface area contributed by atoms with Gasteiger partial charge in [0.25, 0.3) is 5.91 Å². The second-order valence-corrected chi connectivity index (χ2v) is 12.8. The van der Waals surface area contributed by atoms with Crippen molar-refractivity contribution in [2.45, 2.75) is 38.6 Å². The molecule has 0 radical (unpaired) electrons. The lowest BCUT2D eigenvalue weighted by Crippen LogP contribution is -2.39. The number of Topliss-reactive ketones (excluding diaryl/α,β-unsaturated/α-hetero) is 1. The Bertz CT molecular complexity index is 1710. The van der Waals surface area contributed by atoms with Gasteiger partial charge in [-0.2, -0.15) is 0 Å². The summed E-state index contributed by atoms with van der Waals surface area (Å²) in [6, 6.07) is 19.1. The molecule has 1 unspecified atom stereocenters. The number of imidazole rings is 1. The third-order valence-electron chi connectivity index (χ3n) is 9.36. The molecule has 4 aromatic rings. The number of hydrogen-bond donors (Lipinski definition) is 0. The lowest BCUT2D eigenvalue weighted by molar-refractivity contribution is 0.0778. The summed E-state index contributed by atoms with van der Waals surface area (Å²) in [7, 11) is 6.40. The Labute approximate surface area is 293 Å². The quantitative estimate of drug-likeness (QED) is 0.0960. The summed E-state index contributed by atoms with van der Waals surface area (Å²) >= 11 is 6.42. The van der Waals surface area contributed by atoms with Crippen LogP contribution < -0.4 is 14.2 Å². The molecule has 0 bridgehead atoms. The van der Waals surface area contributed by atoms with Crippen LogP contribution in [-0.2, 0) is 11.3 Å². The molecule has 1 amide bonds. The molecule has 11 heteroatoms. The highest BCUT2D eigenvalue weighted by atomic mass is 35.5. The molecule has 1 fully saturated rings. The topological polar surface area (TPSA) is 95.4 Å². The highest BCUT2D eigenvalue weighted by Crippen LogP contribution is 2.38. The van der Waals surface area contributed by atoms with E-state index in [1.807, 2.05) is 61.0 Å². The summed E-state index contributed by atoms with van der Waals surface area (Å²) < 4.78 is 24.0. The van der Waals surface area contributed by atoms with Gasteiger partial charge in [0.2, 0.25) is 11.5 Å². The van der Waals surface area contributed by atoms with Crippen LogP contribution in [0.1, 0.15) is 58.6 Å². The zero-order chi connectivity index (χ0) is 34.9. The minimum Gasteiger partial charge on any atom is -0.493 e. The largest absolute Gasteiger partial charge is 0.493 e. The number of rotatable bonds is 16. The summed E-state index contributed by atoms with van der Waals surface area (Å²) in [5, 5.41) is 0.660. The van der Waals surface area contributed by atoms with E-state index in [-0.39, 0.29) is 23.5 Å². The fraction of sp³-hybridized carbons (Fsp3) is 0.447. The molecule has 1 aliphatic heterocycles. The number of benzene rings is 3. The Balaban J connectivity index is 1.24. The molecule has 0 saturated carbocycles. The number of ether oxygens (including phenoxy) is 4. The minimum absolute atomic E-state index is 0.0410. The zero-order valence-electron chi connectivity index (χ0n) is 29.1. The van der Waals surface area contributed by atoms with E-state index in [2.05, 4.69) is 11.0 Å². The molecule has 0 spiro atoms. The van der Waals surface area contributed by atoms with E-state index in [9.17, 15) is 9.59 Å². The molecule has 1 saturated heterocycles. The van der Waals surface area contributed by atoms with Crippen LogP contribution in [0.3, 0.4) is 0 Å². The Morgan fingerprint density at radius 1 is 0.959 bits per heavy atom. The smallest absolute Gasteiger partial charge is 0.253 e. The van der Waals surface area contributed by atoms with Crippen molar-refractivity contribution >= 4 is 34.3 Å². The number of carbonyl (C=O) groups is 2. The van der Waals surface area contributed by atoms with Gasteiger partial charge in [-0.1, -0.05) is 35.9 Å². The Hall–Kier alpha value is -4.12. The lowest BCUT2D eigenvalue weighted by Gasteiger charge is -2.33. The van der Waals surface area contributed by atoms with Gasteiger partial charge in [0.15, 0.2) is 17.3 Å². The molecule has 0 N–H and O–H groups in total. The van der Waals surface area contributed by atoms with Gasteiger partial charge in [0, 0.05) is 49.2 Å². The normalized spacial score (nSPS) is 14.5. The maximum atomic E-state index is 13.8. The van der Waals surface area contributed by atoms with Crippen LogP contribution in [0.4, 0.5) is 0 Å². The Morgan fingerprint density at radius 3 is 2.33 bits per heavy atom. The summed E-state index contributed by atoms with van der Waals surface area (Å²) in [4.78, 5) is 36.4. The SMILES string of the molecule is CCOCCn1c(C(=O)C2CCN(CCC(CN(C)C(=O)c3cc(OC)c(OC)c(OC)c3)c3cccc(Cl)c3)CC2)nc2ccccc21. The zero-order valence-corrected chi connectivity index (χ0v) is 29.9. The van der Waals surface area contributed by atoms with Crippen molar-refractivity contribution in [3.05, 3.63) is 82.6 Å². The molecule has 1 aromatic heterocycles. The second kappa shape index (κ2) is 17.0. The Kier molecular flexibility index (Phi) is 12.6. The number of para-hydroxylation sites is 2. The number of fused-ring (bicyclic) bond motifs is 1. The van der Waals surface area contributed by atoms with Gasteiger partial charge in [0.05, 0.1) is 39.0 Å². The first-order chi connectivity index (χ1) is 23.8. The average molecular weight is 691 g/mol. The highest BCUT2D eigenvalue weighted by molar-refractivity contribution is 6.30. The first-order valence-electron chi connectivity index (χ1n) is 16.9. The molecule has 0 aliphatic carbocycles. The summed E-state index contributed by atoms with van der Waals surface area (Å²) in [6.07, 6.45) is 2.36. The van der Waals surface area contributed by atoms with Crippen molar-refractivity contribution < 1.29 is 28.5 Å². The first kappa shape index (κ1) is 36.2. The fourth-order valence-corrected chi connectivity index (χ4v) is 6.89.